The van der Waals surface area contributed by atoms with E-state index in [2.05, 4.69) is 11.0 Å². The molecule has 1 aromatic carbocycles. The van der Waals surface area contributed by atoms with Crippen LogP contribution in [-0.2, 0) is 6.54 Å². The van der Waals surface area contributed by atoms with E-state index in [0.717, 1.165) is 25.9 Å². The Bertz CT molecular complexity index is 580. The predicted octanol–water partition coefficient (Wildman–Crippen LogP) is 3.47. The Balaban J connectivity index is 2.11. The average molecular weight is 326 g/mol. The van der Waals surface area contributed by atoms with Crippen LogP contribution in [0, 0.1) is 21.4 Å². The molecule has 7 heteroatoms. The number of hydrogen-bond donors (Lipinski definition) is 0. The maximum Gasteiger partial charge on any atom is 0.275 e. The number of halogens is 1. The van der Waals surface area contributed by atoms with Crippen molar-refractivity contribution >= 4 is 29.1 Å². The molecule has 1 aromatic rings. The summed E-state index contributed by atoms with van der Waals surface area (Å²) < 4.78 is -0.317. The Labute approximate surface area is 133 Å². The molecule has 1 fully saturated rings. The van der Waals surface area contributed by atoms with Crippen LogP contribution in [0.1, 0.15) is 18.4 Å². The highest BCUT2D eigenvalue weighted by Gasteiger charge is 2.34. The van der Waals surface area contributed by atoms with Gasteiger partial charge in [-0.3, -0.25) is 15.0 Å². The zero-order valence-electron chi connectivity index (χ0n) is 11.7. The number of nitro benzene ring substituents is 1. The van der Waals surface area contributed by atoms with Gasteiger partial charge in [-0.1, -0.05) is 17.7 Å². The van der Waals surface area contributed by atoms with E-state index in [1.54, 1.807) is 23.9 Å². The van der Waals surface area contributed by atoms with Crippen LogP contribution in [0.15, 0.2) is 18.2 Å². The SMILES string of the molecule is CSC1(C#N)CCN(Cc2c(Cl)cccc2[N+](=O)[O-])CC1. The predicted molar refractivity (Wildman–Crippen MR) is 84.5 cm³/mol. The Morgan fingerprint density at radius 2 is 2.19 bits per heavy atom. The minimum Gasteiger partial charge on any atom is -0.299 e. The third-order valence-corrected chi connectivity index (χ3v) is 5.57. The lowest BCUT2D eigenvalue weighted by Crippen LogP contribution is -2.41. The van der Waals surface area contributed by atoms with Gasteiger partial charge in [0.15, 0.2) is 0 Å². The van der Waals surface area contributed by atoms with Gasteiger partial charge in [-0.2, -0.15) is 5.26 Å². The van der Waals surface area contributed by atoms with Crippen molar-refractivity contribution in [3.63, 3.8) is 0 Å². The number of likely N-dealkylation sites (tertiary alicyclic amines) is 1. The molecule has 0 amide bonds. The summed E-state index contributed by atoms with van der Waals surface area (Å²) in [4.78, 5) is 12.8. The number of nitrogens with zero attached hydrogens (tertiary/aromatic N) is 3. The fourth-order valence-electron chi connectivity index (χ4n) is 2.53. The van der Waals surface area contributed by atoms with E-state index in [1.165, 1.54) is 6.07 Å². The second kappa shape index (κ2) is 6.65. The second-order valence-corrected chi connectivity index (χ2v) is 6.68. The van der Waals surface area contributed by atoms with Crippen LogP contribution in [-0.4, -0.2) is 33.9 Å². The first kappa shape index (κ1) is 16.1. The van der Waals surface area contributed by atoms with E-state index in [1.807, 2.05) is 6.26 Å². The van der Waals surface area contributed by atoms with Crippen LogP contribution < -0.4 is 0 Å². The van der Waals surface area contributed by atoms with Gasteiger partial charge in [0, 0.05) is 25.7 Å². The van der Waals surface area contributed by atoms with Gasteiger partial charge in [0.05, 0.1) is 21.6 Å². The summed E-state index contributed by atoms with van der Waals surface area (Å²) in [5.41, 5.74) is 0.613. The van der Waals surface area contributed by atoms with Crippen LogP contribution >= 0.6 is 23.4 Å². The number of thioether (sulfide) groups is 1. The van der Waals surface area contributed by atoms with Gasteiger partial charge in [0.25, 0.3) is 5.69 Å². The number of piperidine rings is 1. The molecule has 0 saturated carbocycles. The van der Waals surface area contributed by atoms with E-state index in [4.69, 9.17) is 11.6 Å². The van der Waals surface area contributed by atoms with Crippen molar-refractivity contribution in [3.05, 3.63) is 38.9 Å². The van der Waals surface area contributed by atoms with Gasteiger partial charge < -0.3 is 0 Å². The van der Waals surface area contributed by atoms with E-state index in [9.17, 15) is 15.4 Å². The van der Waals surface area contributed by atoms with Crippen molar-refractivity contribution in [3.8, 4) is 6.07 Å². The van der Waals surface area contributed by atoms with E-state index < -0.39 is 4.92 Å². The Morgan fingerprint density at radius 3 is 2.71 bits per heavy atom. The number of hydrogen-bond acceptors (Lipinski definition) is 5. The van der Waals surface area contributed by atoms with Crippen molar-refractivity contribution in [1.82, 2.24) is 4.90 Å². The molecule has 1 saturated heterocycles. The number of benzene rings is 1. The Hall–Kier alpha value is -1.29. The summed E-state index contributed by atoms with van der Waals surface area (Å²) in [6.07, 6.45) is 3.49. The maximum absolute atomic E-state index is 11.1. The standard InChI is InChI=1S/C14H16ClN3O2S/c1-21-14(10-16)5-7-17(8-6-14)9-11-12(15)3-2-4-13(11)18(19)20/h2-4H,5-9H2,1H3. The van der Waals surface area contributed by atoms with Crippen molar-refractivity contribution in [2.75, 3.05) is 19.3 Å². The summed E-state index contributed by atoms with van der Waals surface area (Å²) in [5, 5.41) is 20.8. The zero-order valence-corrected chi connectivity index (χ0v) is 13.3. The van der Waals surface area contributed by atoms with Crippen molar-refractivity contribution in [1.29, 1.82) is 5.26 Å². The second-order valence-electron chi connectivity index (χ2n) is 5.08. The molecular weight excluding hydrogens is 310 g/mol. The Morgan fingerprint density at radius 1 is 1.52 bits per heavy atom. The molecule has 112 valence electrons. The molecule has 0 bridgehead atoms. The van der Waals surface area contributed by atoms with Crippen LogP contribution in [0.3, 0.4) is 0 Å². The quantitative estimate of drug-likeness (QED) is 0.626. The molecular formula is C14H16ClN3O2S. The third-order valence-electron chi connectivity index (χ3n) is 3.93. The maximum atomic E-state index is 11.1. The first-order valence-electron chi connectivity index (χ1n) is 6.62. The molecule has 0 spiro atoms. The molecule has 0 N–H and O–H groups in total. The summed E-state index contributed by atoms with van der Waals surface area (Å²) in [6.45, 7) is 1.94. The normalized spacial score (nSPS) is 18.1. The fraction of sp³-hybridized carbons (Fsp3) is 0.500. The van der Waals surface area contributed by atoms with Crippen LogP contribution in [0.25, 0.3) is 0 Å². The molecule has 1 aliphatic heterocycles. The van der Waals surface area contributed by atoms with Crippen molar-refractivity contribution < 1.29 is 4.92 Å². The highest BCUT2D eigenvalue weighted by Crippen LogP contribution is 2.35. The minimum absolute atomic E-state index is 0.0597. The van der Waals surface area contributed by atoms with Gasteiger partial charge >= 0.3 is 0 Å². The number of nitriles is 1. The van der Waals surface area contributed by atoms with Crippen LogP contribution in [0.4, 0.5) is 5.69 Å². The van der Waals surface area contributed by atoms with E-state index in [0.29, 0.717) is 17.1 Å². The van der Waals surface area contributed by atoms with Gasteiger partial charge in [0.1, 0.15) is 4.75 Å². The van der Waals surface area contributed by atoms with Crippen molar-refractivity contribution in [2.24, 2.45) is 0 Å². The first-order valence-corrected chi connectivity index (χ1v) is 8.22. The lowest BCUT2D eigenvalue weighted by Gasteiger charge is -2.36. The summed E-state index contributed by atoms with van der Waals surface area (Å²) >= 11 is 7.71. The third kappa shape index (κ3) is 3.49. The lowest BCUT2D eigenvalue weighted by atomic mass is 9.97. The van der Waals surface area contributed by atoms with Gasteiger partial charge in [0.2, 0.25) is 0 Å². The highest BCUT2D eigenvalue weighted by atomic mass is 35.5. The van der Waals surface area contributed by atoms with Gasteiger partial charge in [-0.05, 0) is 25.2 Å². The molecule has 0 aliphatic carbocycles. The highest BCUT2D eigenvalue weighted by molar-refractivity contribution is 8.00. The first-order chi connectivity index (χ1) is 10.0. The molecule has 1 aliphatic rings. The zero-order chi connectivity index (χ0) is 15.5. The van der Waals surface area contributed by atoms with E-state index in [-0.39, 0.29) is 10.4 Å². The molecule has 5 nitrogen and oxygen atoms in total. The molecule has 1 heterocycles. The molecule has 0 atom stereocenters. The monoisotopic (exact) mass is 325 g/mol. The molecule has 2 rings (SSSR count). The van der Waals surface area contributed by atoms with Crippen LogP contribution in [0.2, 0.25) is 5.02 Å². The fourth-order valence-corrected chi connectivity index (χ4v) is 3.44. The summed E-state index contributed by atoms with van der Waals surface area (Å²) in [5.74, 6) is 0. The topological polar surface area (TPSA) is 70.2 Å². The minimum atomic E-state index is -0.396. The lowest BCUT2D eigenvalue weighted by molar-refractivity contribution is -0.385. The molecule has 0 unspecified atom stereocenters. The molecule has 0 aromatic heterocycles. The van der Waals surface area contributed by atoms with Gasteiger partial charge in [-0.25, -0.2) is 0 Å². The number of nitro groups is 1. The molecule has 21 heavy (non-hydrogen) atoms. The van der Waals surface area contributed by atoms with Crippen LogP contribution in [0.5, 0.6) is 0 Å². The summed E-state index contributed by atoms with van der Waals surface area (Å²) in [7, 11) is 0. The average Bonchev–Trinajstić information content (AvgIpc) is 2.50. The van der Waals surface area contributed by atoms with Gasteiger partial charge in [-0.15, -0.1) is 11.8 Å². The van der Waals surface area contributed by atoms with Crippen molar-refractivity contribution in [2.45, 2.75) is 24.1 Å². The number of rotatable bonds is 4. The Kier molecular flexibility index (Phi) is 5.09. The van der Waals surface area contributed by atoms with E-state index >= 15 is 0 Å². The largest absolute Gasteiger partial charge is 0.299 e. The summed E-state index contributed by atoms with van der Waals surface area (Å²) in [6, 6.07) is 7.14. The smallest absolute Gasteiger partial charge is 0.275 e. The molecule has 0 radical (unpaired) electrons.